The van der Waals surface area contributed by atoms with Crippen molar-refractivity contribution in [3.63, 3.8) is 0 Å². The van der Waals surface area contributed by atoms with E-state index in [1.807, 2.05) is 13.8 Å². The SMILES string of the molecule is CC(C)CC(C)OP(=S)(S)OC(C)CC(C)C.N. The van der Waals surface area contributed by atoms with Crippen molar-refractivity contribution < 1.29 is 9.05 Å². The molecule has 0 radical (unpaired) electrons. The first-order valence-corrected chi connectivity index (χ1v) is 10.1. The molecule has 18 heavy (non-hydrogen) atoms. The van der Waals surface area contributed by atoms with Gasteiger partial charge in [0.1, 0.15) is 0 Å². The Balaban J connectivity index is 0. The molecular weight excluding hydrogens is 285 g/mol. The third-order valence-electron chi connectivity index (χ3n) is 2.23. The Labute approximate surface area is 123 Å². The number of hydrogen-bond donors (Lipinski definition) is 2. The van der Waals surface area contributed by atoms with E-state index in [0.29, 0.717) is 11.8 Å². The Bertz CT molecular complexity index is 240. The van der Waals surface area contributed by atoms with Crippen LogP contribution in [-0.4, -0.2) is 12.2 Å². The molecule has 0 amide bonds. The molecule has 0 saturated heterocycles. The first-order chi connectivity index (χ1) is 7.62. The molecule has 0 saturated carbocycles. The monoisotopic (exact) mass is 315 g/mol. The number of rotatable bonds is 8. The lowest BCUT2D eigenvalue weighted by atomic mass is 10.1. The first kappa shape index (κ1) is 21.2. The van der Waals surface area contributed by atoms with Crippen LogP contribution < -0.4 is 6.15 Å². The predicted octanol–water partition coefficient (Wildman–Crippen LogP) is 5.21. The molecule has 0 aromatic carbocycles. The van der Waals surface area contributed by atoms with Crippen molar-refractivity contribution in [1.29, 1.82) is 0 Å². The minimum Gasteiger partial charge on any atom is -0.344 e. The largest absolute Gasteiger partial charge is 0.344 e. The molecule has 0 fully saturated rings. The van der Waals surface area contributed by atoms with Gasteiger partial charge in [0.25, 0.3) is 0 Å². The van der Waals surface area contributed by atoms with Crippen LogP contribution in [0.2, 0.25) is 0 Å². The molecule has 0 rings (SSSR count). The molecule has 0 aromatic rings. The summed E-state index contributed by atoms with van der Waals surface area (Å²) < 4.78 is 11.5. The Morgan fingerprint density at radius 2 is 1.17 bits per heavy atom. The van der Waals surface area contributed by atoms with E-state index in [4.69, 9.17) is 20.9 Å². The zero-order valence-corrected chi connectivity index (χ0v) is 15.2. The summed E-state index contributed by atoms with van der Waals surface area (Å²) in [5.41, 5.74) is -2.39. The molecule has 0 aromatic heterocycles. The lowest BCUT2D eigenvalue weighted by Gasteiger charge is -2.26. The summed E-state index contributed by atoms with van der Waals surface area (Å²) in [4.78, 5) is 0. The Hall–Kier alpha value is 0.880. The molecule has 0 spiro atoms. The van der Waals surface area contributed by atoms with E-state index < -0.39 is 5.69 Å². The van der Waals surface area contributed by atoms with E-state index in [9.17, 15) is 0 Å². The first-order valence-electron chi connectivity index (χ1n) is 6.32. The van der Waals surface area contributed by atoms with Gasteiger partial charge >= 0.3 is 0 Å². The van der Waals surface area contributed by atoms with Crippen molar-refractivity contribution in [3.8, 4) is 0 Å². The van der Waals surface area contributed by atoms with Crippen molar-refractivity contribution in [2.45, 2.75) is 66.6 Å². The molecular formula is C12H30NO2PS2. The van der Waals surface area contributed by atoms with Gasteiger partial charge in [0, 0.05) is 0 Å². The molecule has 3 nitrogen and oxygen atoms in total. The van der Waals surface area contributed by atoms with Crippen LogP contribution in [0.25, 0.3) is 0 Å². The Morgan fingerprint density at radius 1 is 0.889 bits per heavy atom. The van der Waals surface area contributed by atoms with Crippen LogP contribution >= 0.6 is 17.9 Å². The molecule has 6 heteroatoms. The van der Waals surface area contributed by atoms with Crippen LogP contribution in [0.15, 0.2) is 0 Å². The average molecular weight is 315 g/mol. The van der Waals surface area contributed by atoms with E-state index in [1.165, 1.54) is 0 Å². The van der Waals surface area contributed by atoms with Crippen LogP contribution in [-0.2, 0) is 20.9 Å². The average Bonchev–Trinajstić information content (AvgIpc) is 1.95. The number of thiol groups is 1. The quantitative estimate of drug-likeness (QED) is 0.477. The van der Waals surface area contributed by atoms with Crippen LogP contribution in [0.1, 0.15) is 54.4 Å². The number of hydrogen-bond acceptors (Lipinski definition) is 4. The smallest absolute Gasteiger partial charge is 0.244 e. The molecule has 2 unspecified atom stereocenters. The summed E-state index contributed by atoms with van der Waals surface area (Å²) in [6.07, 6.45) is 2.20. The zero-order valence-electron chi connectivity index (χ0n) is 12.5. The Kier molecular flexibility index (Phi) is 11.5. The highest BCUT2D eigenvalue weighted by Crippen LogP contribution is 2.56. The summed E-state index contributed by atoms with van der Waals surface area (Å²) in [6, 6.07) is 0. The van der Waals surface area contributed by atoms with Gasteiger partial charge in [-0.2, -0.15) is 0 Å². The highest BCUT2D eigenvalue weighted by molar-refractivity contribution is 8.60. The maximum Gasteiger partial charge on any atom is 0.244 e. The van der Waals surface area contributed by atoms with Gasteiger partial charge in [0.05, 0.1) is 12.2 Å². The minimum atomic E-state index is -2.39. The van der Waals surface area contributed by atoms with E-state index in [2.05, 4.69) is 39.9 Å². The van der Waals surface area contributed by atoms with Crippen molar-refractivity contribution in [2.24, 2.45) is 11.8 Å². The fourth-order valence-electron chi connectivity index (χ4n) is 1.89. The lowest BCUT2D eigenvalue weighted by Crippen LogP contribution is -2.13. The van der Waals surface area contributed by atoms with Crippen molar-refractivity contribution in [3.05, 3.63) is 0 Å². The molecule has 0 bridgehead atoms. The van der Waals surface area contributed by atoms with Gasteiger partial charge in [-0.3, -0.25) is 0 Å². The van der Waals surface area contributed by atoms with E-state index in [-0.39, 0.29) is 18.4 Å². The molecule has 0 aliphatic carbocycles. The van der Waals surface area contributed by atoms with Crippen molar-refractivity contribution in [1.82, 2.24) is 6.15 Å². The maximum atomic E-state index is 5.77. The van der Waals surface area contributed by atoms with Crippen molar-refractivity contribution >= 4 is 29.7 Å². The van der Waals surface area contributed by atoms with Gasteiger partial charge in [0.2, 0.25) is 5.69 Å². The molecule has 0 heterocycles. The van der Waals surface area contributed by atoms with Gasteiger partial charge in [-0.25, -0.2) is 0 Å². The van der Waals surface area contributed by atoms with Gasteiger partial charge in [0.15, 0.2) is 0 Å². The normalized spacial score (nSPS) is 18.3. The maximum absolute atomic E-state index is 5.77. The molecule has 2 atom stereocenters. The fourth-order valence-corrected chi connectivity index (χ4v) is 4.87. The molecule has 0 aliphatic heterocycles. The fraction of sp³-hybridized carbons (Fsp3) is 1.00. The van der Waals surface area contributed by atoms with Gasteiger partial charge < -0.3 is 15.2 Å². The van der Waals surface area contributed by atoms with Crippen LogP contribution in [0.5, 0.6) is 0 Å². The van der Waals surface area contributed by atoms with E-state index in [0.717, 1.165) is 12.8 Å². The topological polar surface area (TPSA) is 53.5 Å². The summed E-state index contributed by atoms with van der Waals surface area (Å²) in [5.74, 6) is 1.20. The second-order valence-corrected chi connectivity index (χ2v) is 10.8. The summed E-state index contributed by atoms with van der Waals surface area (Å²) in [7, 11) is 0. The summed E-state index contributed by atoms with van der Waals surface area (Å²) >= 11 is 9.72. The zero-order chi connectivity index (χ0) is 13.6. The highest BCUT2D eigenvalue weighted by Gasteiger charge is 2.21. The van der Waals surface area contributed by atoms with E-state index in [1.54, 1.807) is 0 Å². The second-order valence-electron chi connectivity index (χ2n) is 5.56. The van der Waals surface area contributed by atoms with Gasteiger partial charge in [-0.05, 0) is 50.3 Å². The van der Waals surface area contributed by atoms with Gasteiger partial charge in [-0.15, -0.1) is 0 Å². The van der Waals surface area contributed by atoms with E-state index >= 15 is 0 Å². The third-order valence-corrected chi connectivity index (χ3v) is 4.57. The van der Waals surface area contributed by atoms with Crippen molar-refractivity contribution in [2.75, 3.05) is 0 Å². The Morgan fingerprint density at radius 3 is 1.39 bits per heavy atom. The molecule has 112 valence electrons. The molecule has 0 aliphatic rings. The summed E-state index contributed by atoms with van der Waals surface area (Å²) in [5, 5.41) is 0. The van der Waals surface area contributed by atoms with Crippen LogP contribution in [0, 0.1) is 11.8 Å². The minimum absolute atomic E-state index is 0. The summed E-state index contributed by atoms with van der Waals surface area (Å²) in [6.45, 7) is 12.8. The van der Waals surface area contributed by atoms with Crippen LogP contribution in [0.3, 0.4) is 0 Å². The van der Waals surface area contributed by atoms with Gasteiger partial charge in [-0.1, -0.05) is 39.9 Å². The second kappa shape index (κ2) is 9.73. The lowest BCUT2D eigenvalue weighted by molar-refractivity contribution is 0.144. The predicted molar refractivity (Wildman–Crippen MR) is 88.3 cm³/mol. The standard InChI is InChI=1S/C12H27O2PS2.H3N/c1-9(2)7-11(5)13-15(16,17)14-12(6)8-10(3)4;/h9-12H,7-8H2,1-6H3,(H,16,17);1H3. The third kappa shape index (κ3) is 11.9. The highest BCUT2D eigenvalue weighted by atomic mass is 32.9. The molecule has 3 N–H and O–H groups in total. The van der Waals surface area contributed by atoms with Crippen LogP contribution in [0.4, 0.5) is 0 Å².